The molecule has 0 unspecified atom stereocenters. The van der Waals surface area contributed by atoms with Crippen molar-refractivity contribution in [1.82, 2.24) is 15.2 Å². The molecular weight excluding hydrogens is 372 g/mol. The fourth-order valence-electron chi connectivity index (χ4n) is 2.20. The van der Waals surface area contributed by atoms with Gasteiger partial charge in [-0.1, -0.05) is 47.7 Å². The van der Waals surface area contributed by atoms with Gasteiger partial charge in [0.25, 0.3) is 0 Å². The molecule has 0 fully saturated rings. The average molecular weight is 385 g/mol. The minimum Gasteiger partial charge on any atom is -0.300 e. The minimum atomic E-state index is -0.140. The van der Waals surface area contributed by atoms with E-state index in [1.807, 2.05) is 53.2 Å². The van der Waals surface area contributed by atoms with Gasteiger partial charge >= 0.3 is 0 Å². The molecule has 124 valence electrons. The van der Waals surface area contributed by atoms with Crippen molar-refractivity contribution >= 4 is 45.0 Å². The van der Waals surface area contributed by atoms with Crippen molar-refractivity contribution < 1.29 is 4.79 Å². The number of nitrogens with zero attached hydrogens (tertiary/aromatic N) is 3. The third-order valence-corrected chi connectivity index (χ3v) is 6.14. The molecule has 1 N–H and O–H groups in total. The standard InChI is InChI=1S/C17H12N4OS3/c22-14(9-12-10-24-16(18-12)13-7-4-8-23-13)19-17-21-20-15(25-17)11-5-2-1-3-6-11/h1-8,10H,9H2,(H,19,21,22). The molecule has 0 saturated heterocycles. The van der Waals surface area contributed by atoms with Crippen LogP contribution in [0.1, 0.15) is 5.69 Å². The van der Waals surface area contributed by atoms with Crippen LogP contribution < -0.4 is 5.32 Å². The third kappa shape index (κ3) is 3.81. The second kappa shape index (κ2) is 7.22. The zero-order valence-electron chi connectivity index (χ0n) is 12.9. The van der Waals surface area contributed by atoms with Gasteiger partial charge in [0.15, 0.2) is 0 Å². The highest BCUT2D eigenvalue weighted by Gasteiger charge is 2.12. The van der Waals surface area contributed by atoms with Crippen LogP contribution in [0.4, 0.5) is 5.13 Å². The summed E-state index contributed by atoms with van der Waals surface area (Å²) in [6, 6.07) is 13.8. The fraction of sp³-hybridized carbons (Fsp3) is 0.0588. The number of anilines is 1. The van der Waals surface area contributed by atoms with Gasteiger partial charge in [0.1, 0.15) is 10.0 Å². The van der Waals surface area contributed by atoms with Crippen LogP contribution in [0.15, 0.2) is 53.2 Å². The average Bonchev–Trinajstić information content (AvgIpc) is 3.37. The fourth-order valence-corrected chi connectivity index (χ4v) is 4.60. The SMILES string of the molecule is O=C(Cc1csc(-c2cccs2)n1)Nc1nnc(-c2ccccc2)s1. The Bertz CT molecular complexity index is 976. The van der Waals surface area contributed by atoms with Crippen LogP contribution in [-0.2, 0) is 11.2 Å². The van der Waals surface area contributed by atoms with E-state index in [1.54, 1.807) is 22.7 Å². The number of carbonyl (C=O) groups excluding carboxylic acids is 1. The Labute approximate surface area is 156 Å². The Kier molecular flexibility index (Phi) is 4.64. The number of rotatable bonds is 5. The van der Waals surface area contributed by atoms with Gasteiger partial charge in [-0.05, 0) is 11.4 Å². The van der Waals surface area contributed by atoms with Gasteiger partial charge in [0, 0.05) is 10.9 Å². The second-order valence-corrected chi connectivity index (χ2v) is 7.91. The smallest absolute Gasteiger partial charge is 0.232 e. The number of hydrogen-bond donors (Lipinski definition) is 1. The van der Waals surface area contributed by atoms with Crippen LogP contribution in [0.5, 0.6) is 0 Å². The quantitative estimate of drug-likeness (QED) is 0.547. The zero-order chi connectivity index (χ0) is 17.1. The Morgan fingerprint density at radius 2 is 1.88 bits per heavy atom. The maximum absolute atomic E-state index is 12.2. The van der Waals surface area contributed by atoms with Gasteiger partial charge in [-0.25, -0.2) is 4.98 Å². The van der Waals surface area contributed by atoms with Crippen LogP contribution in [0, 0.1) is 0 Å². The molecule has 4 rings (SSSR count). The van der Waals surface area contributed by atoms with Gasteiger partial charge in [-0.2, -0.15) is 0 Å². The molecule has 5 nitrogen and oxygen atoms in total. The van der Waals surface area contributed by atoms with Crippen molar-refractivity contribution in [2.24, 2.45) is 0 Å². The molecule has 3 aromatic heterocycles. The van der Waals surface area contributed by atoms with E-state index in [-0.39, 0.29) is 12.3 Å². The minimum absolute atomic E-state index is 0.140. The maximum atomic E-state index is 12.2. The summed E-state index contributed by atoms with van der Waals surface area (Å²) in [4.78, 5) is 17.9. The molecule has 0 aliphatic heterocycles. The van der Waals surface area contributed by atoms with E-state index in [4.69, 9.17) is 0 Å². The summed E-state index contributed by atoms with van der Waals surface area (Å²) in [5.41, 5.74) is 1.75. The Morgan fingerprint density at radius 3 is 2.68 bits per heavy atom. The number of carbonyl (C=O) groups is 1. The molecule has 0 aliphatic rings. The number of hydrogen-bond acceptors (Lipinski definition) is 7. The van der Waals surface area contributed by atoms with E-state index in [1.165, 1.54) is 11.3 Å². The monoisotopic (exact) mass is 384 g/mol. The topological polar surface area (TPSA) is 67.8 Å². The van der Waals surface area contributed by atoms with E-state index >= 15 is 0 Å². The molecular formula is C17H12N4OS3. The van der Waals surface area contributed by atoms with Gasteiger partial charge in [0.2, 0.25) is 11.0 Å². The molecule has 0 saturated carbocycles. The third-order valence-electron chi connectivity index (χ3n) is 3.32. The number of aromatic nitrogens is 3. The van der Waals surface area contributed by atoms with Gasteiger partial charge < -0.3 is 5.32 Å². The van der Waals surface area contributed by atoms with E-state index in [0.717, 1.165) is 26.1 Å². The molecule has 0 aliphatic carbocycles. The van der Waals surface area contributed by atoms with E-state index in [9.17, 15) is 4.79 Å². The Hall–Kier alpha value is -2.42. The number of amides is 1. The number of nitrogens with one attached hydrogen (secondary N) is 1. The van der Waals surface area contributed by atoms with Crippen molar-refractivity contribution in [3.05, 3.63) is 58.9 Å². The summed E-state index contributed by atoms with van der Waals surface area (Å²) in [7, 11) is 0. The van der Waals surface area contributed by atoms with Crippen molar-refractivity contribution in [2.75, 3.05) is 5.32 Å². The van der Waals surface area contributed by atoms with E-state index < -0.39 is 0 Å². The normalized spacial score (nSPS) is 10.7. The lowest BCUT2D eigenvalue weighted by atomic mass is 10.2. The lowest BCUT2D eigenvalue weighted by Crippen LogP contribution is -2.14. The maximum Gasteiger partial charge on any atom is 0.232 e. The molecule has 0 bridgehead atoms. The highest BCUT2D eigenvalue weighted by Crippen LogP contribution is 2.28. The summed E-state index contributed by atoms with van der Waals surface area (Å²) in [5.74, 6) is -0.140. The summed E-state index contributed by atoms with van der Waals surface area (Å²) < 4.78 is 0. The molecule has 25 heavy (non-hydrogen) atoms. The molecule has 0 spiro atoms. The number of thiazole rings is 1. The zero-order valence-corrected chi connectivity index (χ0v) is 15.3. The van der Waals surface area contributed by atoms with E-state index in [0.29, 0.717) is 5.13 Å². The first-order valence-corrected chi connectivity index (χ1v) is 10.0. The predicted molar refractivity (Wildman–Crippen MR) is 103 cm³/mol. The Balaban J connectivity index is 1.40. The van der Waals surface area contributed by atoms with Crippen molar-refractivity contribution in [3.63, 3.8) is 0 Å². The molecule has 4 aromatic rings. The summed E-state index contributed by atoms with van der Waals surface area (Å²) in [6.07, 6.45) is 0.224. The summed E-state index contributed by atoms with van der Waals surface area (Å²) in [5, 5.41) is 17.1. The van der Waals surface area contributed by atoms with Crippen molar-refractivity contribution in [3.8, 4) is 20.5 Å². The molecule has 8 heteroatoms. The van der Waals surface area contributed by atoms with E-state index in [2.05, 4.69) is 20.5 Å². The lowest BCUT2D eigenvalue weighted by molar-refractivity contribution is -0.115. The van der Waals surface area contributed by atoms with Crippen LogP contribution in [0.3, 0.4) is 0 Å². The highest BCUT2D eigenvalue weighted by atomic mass is 32.1. The van der Waals surface area contributed by atoms with Crippen molar-refractivity contribution in [2.45, 2.75) is 6.42 Å². The predicted octanol–water partition coefficient (Wildman–Crippen LogP) is 4.57. The largest absolute Gasteiger partial charge is 0.300 e. The Morgan fingerprint density at radius 1 is 1.00 bits per heavy atom. The van der Waals surface area contributed by atoms with Gasteiger partial charge in [-0.15, -0.1) is 32.9 Å². The number of thiophene rings is 1. The van der Waals surface area contributed by atoms with Crippen LogP contribution in [-0.4, -0.2) is 21.1 Å². The first-order chi connectivity index (χ1) is 12.3. The second-order valence-electron chi connectivity index (χ2n) is 5.12. The van der Waals surface area contributed by atoms with Crippen molar-refractivity contribution in [1.29, 1.82) is 0 Å². The molecule has 0 radical (unpaired) electrons. The lowest BCUT2D eigenvalue weighted by Gasteiger charge is -1.98. The highest BCUT2D eigenvalue weighted by molar-refractivity contribution is 7.20. The molecule has 0 atom stereocenters. The molecule has 1 amide bonds. The van der Waals surface area contributed by atoms with Gasteiger partial charge in [0.05, 0.1) is 17.0 Å². The van der Waals surface area contributed by atoms with Crippen LogP contribution in [0.2, 0.25) is 0 Å². The first kappa shape index (κ1) is 16.1. The van der Waals surface area contributed by atoms with Crippen LogP contribution >= 0.6 is 34.0 Å². The molecule has 1 aromatic carbocycles. The van der Waals surface area contributed by atoms with Gasteiger partial charge in [-0.3, -0.25) is 4.79 Å². The number of benzene rings is 1. The van der Waals surface area contributed by atoms with Crippen LogP contribution in [0.25, 0.3) is 20.5 Å². The molecule has 3 heterocycles. The summed E-state index contributed by atoms with van der Waals surface area (Å²) >= 11 is 4.55. The summed E-state index contributed by atoms with van der Waals surface area (Å²) in [6.45, 7) is 0. The first-order valence-electron chi connectivity index (χ1n) is 7.45.